The molecule has 0 aromatic carbocycles. The number of carbonyl (C=O) groups excluding carboxylic acids is 1. The van der Waals surface area contributed by atoms with Gasteiger partial charge in [0.2, 0.25) is 5.91 Å². The van der Waals surface area contributed by atoms with Crippen LogP contribution in [-0.2, 0) is 11.0 Å². The maximum Gasteiger partial charge on any atom is 0.416 e. The van der Waals surface area contributed by atoms with E-state index in [0.29, 0.717) is 11.3 Å². The maximum absolute atomic E-state index is 13.1. The molecule has 142 valence electrons. The summed E-state index contributed by atoms with van der Waals surface area (Å²) in [4.78, 5) is 20.9. The first-order valence-corrected chi connectivity index (χ1v) is 8.72. The van der Waals surface area contributed by atoms with Crippen molar-refractivity contribution < 1.29 is 18.0 Å². The van der Waals surface area contributed by atoms with Gasteiger partial charge in [-0.3, -0.25) is 14.8 Å². The minimum atomic E-state index is -4.53. The summed E-state index contributed by atoms with van der Waals surface area (Å²) in [7, 11) is 0. The molecule has 0 aliphatic heterocycles. The van der Waals surface area contributed by atoms with Gasteiger partial charge in [0.15, 0.2) is 5.11 Å². The fraction of sp³-hybridized carbons (Fsp3) is 0.333. The van der Waals surface area contributed by atoms with Gasteiger partial charge in [-0.2, -0.15) is 13.2 Å². The number of alkyl halides is 3. The van der Waals surface area contributed by atoms with Crippen molar-refractivity contribution >= 4 is 23.2 Å². The summed E-state index contributed by atoms with van der Waals surface area (Å²) in [5, 5.41) is 5.70. The van der Waals surface area contributed by atoms with Crippen LogP contribution in [0.25, 0.3) is 0 Å². The second-order valence-corrected chi connectivity index (χ2v) is 6.78. The third kappa shape index (κ3) is 5.00. The molecule has 2 aromatic heterocycles. The monoisotopic (exact) mass is 394 g/mol. The van der Waals surface area contributed by atoms with Crippen LogP contribution < -0.4 is 10.6 Å². The molecule has 1 amide bonds. The Bertz CT molecular complexity index is 868. The quantitative estimate of drug-likeness (QED) is 0.781. The third-order valence-corrected chi connectivity index (χ3v) is 4.29. The summed E-state index contributed by atoms with van der Waals surface area (Å²) in [6.45, 7) is 1.73. The predicted molar refractivity (Wildman–Crippen MR) is 97.0 cm³/mol. The average Bonchev–Trinajstić information content (AvgIpc) is 3.38. The molecule has 3 rings (SSSR count). The Morgan fingerprint density at radius 2 is 1.93 bits per heavy atom. The normalized spacial score (nSPS) is 15.1. The summed E-state index contributed by atoms with van der Waals surface area (Å²) >= 11 is 5.12. The van der Waals surface area contributed by atoms with Crippen molar-refractivity contribution in [3.05, 3.63) is 59.2 Å². The molecule has 0 spiro atoms. The zero-order valence-corrected chi connectivity index (χ0v) is 15.2. The Kier molecular flexibility index (Phi) is 5.41. The predicted octanol–water partition coefficient (Wildman–Crippen LogP) is 3.09. The highest BCUT2D eigenvalue weighted by Gasteiger charge is 2.33. The Morgan fingerprint density at radius 3 is 2.56 bits per heavy atom. The molecule has 1 fully saturated rings. The SMILES string of the molecule is Cc1cc(C(C(=O)NC(=S)NC2CC2)c2cc(C(F)(F)F)ccn2)ccn1. The van der Waals surface area contributed by atoms with Gasteiger partial charge < -0.3 is 10.6 Å². The van der Waals surface area contributed by atoms with E-state index >= 15 is 0 Å². The van der Waals surface area contributed by atoms with Gasteiger partial charge in [0.1, 0.15) is 5.92 Å². The lowest BCUT2D eigenvalue weighted by Crippen LogP contribution is -2.42. The molecule has 0 radical (unpaired) electrons. The molecule has 0 saturated heterocycles. The maximum atomic E-state index is 13.1. The fourth-order valence-corrected chi connectivity index (χ4v) is 2.89. The molecule has 2 aromatic rings. The van der Waals surface area contributed by atoms with Crippen LogP contribution in [0.3, 0.4) is 0 Å². The number of hydrogen-bond acceptors (Lipinski definition) is 4. The van der Waals surface area contributed by atoms with Crippen LogP contribution in [0.5, 0.6) is 0 Å². The van der Waals surface area contributed by atoms with E-state index in [-0.39, 0.29) is 16.8 Å². The molecule has 27 heavy (non-hydrogen) atoms. The molecular weight excluding hydrogens is 377 g/mol. The summed E-state index contributed by atoms with van der Waals surface area (Å²) in [6.07, 6.45) is -0.0430. The molecule has 9 heteroatoms. The van der Waals surface area contributed by atoms with E-state index in [1.54, 1.807) is 19.1 Å². The lowest BCUT2D eigenvalue weighted by Gasteiger charge is -2.19. The number of rotatable bonds is 4. The zero-order chi connectivity index (χ0) is 19.6. The molecule has 2 heterocycles. The van der Waals surface area contributed by atoms with Crippen LogP contribution in [-0.4, -0.2) is 27.0 Å². The zero-order valence-electron chi connectivity index (χ0n) is 14.4. The summed E-state index contributed by atoms with van der Waals surface area (Å²) < 4.78 is 39.3. The highest BCUT2D eigenvalue weighted by atomic mass is 32.1. The molecule has 1 saturated carbocycles. The first kappa shape index (κ1) is 19.2. The Hall–Kier alpha value is -2.55. The smallest absolute Gasteiger partial charge is 0.360 e. The van der Waals surface area contributed by atoms with Gasteiger partial charge in [-0.05, 0) is 61.8 Å². The summed E-state index contributed by atoms with van der Waals surface area (Å²) in [5.74, 6) is -1.60. The molecule has 5 nitrogen and oxygen atoms in total. The Morgan fingerprint density at radius 1 is 1.22 bits per heavy atom. The Balaban J connectivity index is 1.94. The number of nitrogens with zero attached hydrogens (tertiary/aromatic N) is 2. The number of pyridine rings is 2. The topological polar surface area (TPSA) is 66.9 Å². The molecule has 2 N–H and O–H groups in total. The third-order valence-electron chi connectivity index (χ3n) is 4.07. The second-order valence-electron chi connectivity index (χ2n) is 6.37. The van der Waals surface area contributed by atoms with Crippen LogP contribution in [0.15, 0.2) is 36.7 Å². The van der Waals surface area contributed by atoms with E-state index in [4.69, 9.17) is 12.2 Å². The number of nitrogens with one attached hydrogen (secondary N) is 2. The number of carbonyl (C=O) groups is 1. The number of amides is 1. The first-order valence-electron chi connectivity index (χ1n) is 8.31. The first-order chi connectivity index (χ1) is 12.7. The van der Waals surface area contributed by atoms with Crippen molar-refractivity contribution in [3.8, 4) is 0 Å². The number of thiocarbonyl (C=S) groups is 1. The molecule has 0 bridgehead atoms. The lowest BCUT2D eigenvalue weighted by molar-refractivity contribution is -0.137. The van der Waals surface area contributed by atoms with E-state index in [1.807, 2.05) is 0 Å². The van der Waals surface area contributed by atoms with Gasteiger partial charge in [-0.1, -0.05) is 0 Å². The van der Waals surface area contributed by atoms with E-state index in [2.05, 4.69) is 20.6 Å². The van der Waals surface area contributed by atoms with Crippen molar-refractivity contribution in [2.24, 2.45) is 0 Å². The van der Waals surface area contributed by atoms with E-state index in [1.165, 1.54) is 6.20 Å². The highest BCUT2D eigenvalue weighted by molar-refractivity contribution is 7.80. The van der Waals surface area contributed by atoms with Gasteiger partial charge in [0.25, 0.3) is 0 Å². The second kappa shape index (κ2) is 7.59. The van der Waals surface area contributed by atoms with E-state index in [0.717, 1.165) is 31.2 Å². The van der Waals surface area contributed by atoms with Crippen molar-refractivity contribution in [1.29, 1.82) is 0 Å². The van der Waals surface area contributed by atoms with Gasteiger partial charge >= 0.3 is 6.18 Å². The number of hydrogen-bond donors (Lipinski definition) is 2. The van der Waals surface area contributed by atoms with Crippen molar-refractivity contribution in [2.45, 2.75) is 37.9 Å². The largest absolute Gasteiger partial charge is 0.416 e. The van der Waals surface area contributed by atoms with E-state index in [9.17, 15) is 18.0 Å². The number of aryl methyl sites for hydroxylation is 1. The molecular formula is C18H17F3N4OS. The van der Waals surface area contributed by atoms with E-state index < -0.39 is 23.6 Å². The highest BCUT2D eigenvalue weighted by Crippen LogP contribution is 2.32. The number of halogens is 3. The number of aromatic nitrogens is 2. The molecule has 1 unspecified atom stereocenters. The summed E-state index contributed by atoms with van der Waals surface area (Å²) in [5.41, 5.74) is 0.244. The van der Waals surface area contributed by atoms with Gasteiger partial charge in [-0.25, -0.2) is 0 Å². The molecule has 1 aliphatic carbocycles. The Labute approximate surface area is 159 Å². The van der Waals surface area contributed by atoms with Gasteiger partial charge in [0, 0.05) is 24.1 Å². The molecule has 1 atom stereocenters. The average molecular weight is 394 g/mol. The van der Waals surface area contributed by atoms with Crippen LogP contribution in [0.1, 0.15) is 41.3 Å². The van der Waals surface area contributed by atoms with Crippen LogP contribution >= 0.6 is 12.2 Å². The van der Waals surface area contributed by atoms with Crippen molar-refractivity contribution in [3.63, 3.8) is 0 Å². The fourth-order valence-electron chi connectivity index (χ4n) is 2.62. The van der Waals surface area contributed by atoms with Crippen molar-refractivity contribution in [1.82, 2.24) is 20.6 Å². The van der Waals surface area contributed by atoms with Crippen molar-refractivity contribution in [2.75, 3.05) is 0 Å². The lowest BCUT2D eigenvalue weighted by atomic mass is 9.93. The minimum absolute atomic E-state index is 0.0119. The van der Waals surface area contributed by atoms with Gasteiger partial charge in [0.05, 0.1) is 11.3 Å². The van der Waals surface area contributed by atoms with Crippen LogP contribution in [0.2, 0.25) is 0 Å². The standard InChI is InChI=1S/C18H17F3N4OS/c1-10-8-11(4-6-22-10)15(16(26)25-17(27)24-13-2-3-13)14-9-12(5-7-23-14)18(19,20)21/h4-9,13,15H,2-3H2,1H3,(H2,24,25,26,27). The molecule has 1 aliphatic rings. The van der Waals surface area contributed by atoms with Crippen LogP contribution in [0, 0.1) is 6.92 Å². The van der Waals surface area contributed by atoms with Crippen LogP contribution in [0.4, 0.5) is 13.2 Å². The van der Waals surface area contributed by atoms with Gasteiger partial charge in [-0.15, -0.1) is 0 Å². The summed E-state index contributed by atoms with van der Waals surface area (Å²) in [6, 6.07) is 5.22. The minimum Gasteiger partial charge on any atom is -0.360 e.